The second-order valence-electron chi connectivity index (χ2n) is 3.82. The van der Waals surface area contributed by atoms with Crippen molar-refractivity contribution in [3.63, 3.8) is 0 Å². The summed E-state index contributed by atoms with van der Waals surface area (Å²) in [4.78, 5) is 23.6. The average Bonchev–Trinajstić information content (AvgIpc) is 2.28. The quantitative estimate of drug-likeness (QED) is 0.653. The van der Waals surface area contributed by atoms with E-state index in [2.05, 4.69) is 5.32 Å². The average molecular weight is 230 g/mol. The van der Waals surface area contributed by atoms with E-state index in [1.807, 2.05) is 0 Å². The Hall–Kier alpha value is -1.14. The lowest BCUT2D eigenvalue weighted by Gasteiger charge is -2.27. The Morgan fingerprint density at radius 3 is 2.88 bits per heavy atom. The number of nitrogens with zero attached hydrogens (tertiary/aromatic N) is 1. The molecule has 1 rings (SSSR count). The molecule has 16 heavy (non-hydrogen) atoms. The molecule has 0 aromatic rings. The highest BCUT2D eigenvalue weighted by Gasteiger charge is 2.24. The Morgan fingerprint density at radius 2 is 2.31 bits per heavy atom. The number of aliphatic carboxylic acids is 1. The summed E-state index contributed by atoms with van der Waals surface area (Å²) in [6.07, 6.45) is 0.127. The molecule has 0 aromatic heterocycles. The van der Waals surface area contributed by atoms with Gasteiger partial charge in [0.2, 0.25) is 0 Å². The largest absolute Gasteiger partial charge is 0.481 e. The molecule has 2 N–H and O–H groups in total. The van der Waals surface area contributed by atoms with Crippen LogP contribution in [0.15, 0.2) is 0 Å². The number of amides is 1. The molecule has 0 aliphatic carbocycles. The van der Waals surface area contributed by atoms with Crippen molar-refractivity contribution in [1.82, 2.24) is 10.2 Å². The molecule has 1 aliphatic rings. The number of hydrogen-bond acceptors (Lipinski definition) is 4. The first-order valence-corrected chi connectivity index (χ1v) is 5.40. The Balaban J connectivity index is 2.26. The molecule has 0 radical (unpaired) electrons. The van der Waals surface area contributed by atoms with Crippen molar-refractivity contribution in [1.29, 1.82) is 0 Å². The van der Waals surface area contributed by atoms with Gasteiger partial charge in [-0.05, 0) is 6.42 Å². The van der Waals surface area contributed by atoms with Crippen LogP contribution in [-0.4, -0.2) is 61.3 Å². The standard InChI is InChI=1S/C10H18N2O4/c1-12(5-2-3-9(13)14)10(15)8-7-11-4-6-16-8/h8,11H,2-7H2,1H3,(H,13,14). The van der Waals surface area contributed by atoms with E-state index >= 15 is 0 Å². The van der Waals surface area contributed by atoms with Crippen molar-refractivity contribution in [2.75, 3.05) is 33.3 Å². The van der Waals surface area contributed by atoms with Crippen molar-refractivity contribution >= 4 is 11.9 Å². The Labute approximate surface area is 94.6 Å². The molecule has 0 aromatic carbocycles. The number of carboxylic acids is 1. The lowest BCUT2D eigenvalue weighted by molar-refractivity contribution is -0.144. The summed E-state index contributed by atoms with van der Waals surface area (Å²) in [5.74, 6) is -0.922. The van der Waals surface area contributed by atoms with Gasteiger partial charge >= 0.3 is 5.97 Å². The van der Waals surface area contributed by atoms with Crippen LogP contribution in [0.4, 0.5) is 0 Å². The number of morpholine rings is 1. The van der Waals surface area contributed by atoms with Crippen LogP contribution in [0.1, 0.15) is 12.8 Å². The number of likely N-dealkylation sites (N-methyl/N-ethyl adjacent to an activating group) is 1. The third kappa shape index (κ3) is 4.16. The van der Waals surface area contributed by atoms with Gasteiger partial charge in [-0.15, -0.1) is 0 Å². The minimum absolute atomic E-state index is 0.0847. The molecule has 6 nitrogen and oxygen atoms in total. The second kappa shape index (κ2) is 6.44. The molecule has 1 heterocycles. The number of carbonyl (C=O) groups excluding carboxylic acids is 1. The van der Waals surface area contributed by atoms with Crippen molar-refractivity contribution in [3.8, 4) is 0 Å². The van der Waals surface area contributed by atoms with Gasteiger partial charge in [-0.25, -0.2) is 0 Å². The minimum atomic E-state index is -0.837. The number of ether oxygens (including phenoxy) is 1. The van der Waals surface area contributed by atoms with Crippen molar-refractivity contribution < 1.29 is 19.4 Å². The fraction of sp³-hybridized carbons (Fsp3) is 0.800. The molecule has 1 atom stereocenters. The Morgan fingerprint density at radius 1 is 1.56 bits per heavy atom. The van der Waals surface area contributed by atoms with E-state index in [1.165, 1.54) is 4.90 Å². The van der Waals surface area contributed by atoms with Crippen LogP contribution in [0.3, 0.4) is 0 Å². The monoisotopic (exact) mass is 230 g/mol. The number of nitrogens with one attached hydrogen (secondary N) is 1. The second-order valence-corrected chi connectivity index (χ2v) is 3.82. The highest BCUT2D eigenvalue weighted by Crippen LogP contribution is 2.02. The predicted octanol–water partition coefficient (Wildman–Crippen LogP) is -0.702. The first-order chi connectivity index (χ1) is 7.61. The summed E-state index contributed by atoms with van der Waals surface area (Å²) < 4.78 is 5.32. The van der Waals surface area contributed by atoms with Crippen LogP contribution in [-0.2, 0) is 14.3 Å². The minimum Gasteiger partial charge on any atom is -0.481 e. The van der Waals surface area contributed by atoms with Crippen LogP contribution in [0.2, 0.25) is 0 Å². The first-order valence-electron chi connectivity index (χ1n) is 5.40. The lowest BCUT2D eigenvalue weighted by atomic mass is 10.2. The zero-order valence-electron chi connectivity index (χ0n) is 9.44. The normalized spacial score (nSPS) is 20.4. The molecule has 1 saturated heterocycles. The van der Waals surface area contributed by atoms with Crippen LogP contribution in [0, 0.1) is 0 Å². The summed E-state index contributed by atoms with van der Waals surface area (Å²) in [7, 11) is 1.67. The molecule has 1 unspecified atom stereocenters. The smallest absolute Gasteiger partial charge is 0.303 e. The van der Waals surface area contributed by atoms with Gasteiger partial charge in [0, 0.05) is 33.1 Å². The van der Waals surface area contributed by atoms with Crippen LogP contribution < -0.4 is 5.32 Å². The van der Waals surface area contributed by atoms with Crippen molar-refractivity contribution in [2.45, 2.75) is 18.9 Å². The highest BCUT2D eigenvalue weighted by atomic mass is 16.5. The number of carbonyl (C=O) groups is 2. The van der Waals surface area contributed by atoms with Crippen molar-refractivity contribution in [2.24, 2.45) is 0 Å². The predicted molar refractivity (Wildman–Crippen MR) is 57.1 cm³/mol. The molecular weight excluding hydrogens is 212 g/mol. The molecule has 0 spiro atoms. The summed E-state index contributed by atoms with van der Waals surface area (Å²) in [6, 6.07) is 0. The van der Waals surface area contributed by atoms with E-state index in [0.29, 0.717) is 26.1 Å². The zero-order chi connectivity index (χ0) is 12.0. The Bertz CT molecular complexity index is 251. The first kappa shape index (κ1) is 12.9. The third-order valence-corrected chi connectivity index (χ3v) is 2.46. The van der Waals surface area contributed by atoms with E-state index in [4.69, 9.17) is 9.84 Å². The van der Waals surface area contributed by atoms with E-state index in [-0.39, 0.29) is 12.3 Å². The van der Waals surface area contributed by atoms with Crippen molar-refractivity contribution in [3.05, 3.63) is 0 Å². The van der Waals surface area contributed by atoms with Gasteiger partial charge in [-0.1, -0.05) is 0 Å². The zero-order valence-corrected chi connectivity index (χ0v) is 9.44. The topological polar surface area (TPSA) is 78.9 Å². The van der Waals surface area contributed by atoms with Crippen LogP contribution in [0.5, 0.6) is 0 Å². The van der Waals surface area contributed by atoms with E-state index in [9.17, 15) is 9.59 Å². The fourth-order valence-electron chi connectivity index (χ4n) is 1.55. The van der Waals surface area contributed by atoms with Gasteiger partial charge in [0.25, 0.3) is 5.91 Å². The van der Waals surface area contributed by atoms with Gasteiger partial charge in [0.1, 0.15) is 6.10 Å². The van der Waals surface area contributed by atoms with Crippen LogP contribution >= 0.6 is 0 Å². The third-order valence-electron chi connectivity index (χ3n) is 2.46. The van der Waals surface area contributed by atoms with Gasteiger partial charge in [0.05, 0.1) is 6.61 Å². The maximum absolute atomic E-state index is 11.8. The number of rotatable bonds is 5. The van der Waals surface area contributed by atoms with Crippen LogP contribution in [0.25, 0.3) is 0 Å². The van der Waals surface area contributed by atoms with Gasteiger partial charge < -0.3 is 20.1 Å². The molecule has 1 amide bonds. The summed E-state index contributed by atoms with van der Waals surface area (Å²) >= 11 is 0. The SMILES string of the molecule is CN(CCCC(=O)O)C(=O)C1CNCCO1. The Kier molecular flexibility index (Phi) is 5.21. The van der Waals surface area contributed by atoms with Gasteiger partial charge in [-0.3, -0.25) is 9.59 Å². The molecule has 6 heteroatoms. The van der Waals surface area contributed by atoms with E-state index in [0.717, 1.165) is 6.54 Å². The molecule has 1 aliphatic heterocycles. The van der Waals surface area contributed by atoms with Gasteiger partial charge in [-0.2, -0.15) is 0 Å². The molecule has 1 fully saturated rings. The van der Waals surface area contributed by atoms with E-state index < -0.39 is 12.1 Å². The van der Waals surface area contributed by atoms with E-state index in [1.54, 1.807) is 7.05 Å². The number of hydrogen-bond donors (Lipinski definition) is 2. The highest BCUT2D eigenvalue weighted by molar-refractivity contribution is 5.81. The maximum Gasteiger partial charge on any atom is 0.303 e. The fourth-order valence-corrected chi connectivity index (χ4v) is 1.55. The number of carboxylic acid groups (broad SMARTS) is 1. The summed E-state index contributed by atoms with van der Waals surface area (Å²) in [5, 5.41) is 11.6. The molecule has 0 saturated carbocycles. The molecular formula is C10H18N2O4. The van der Waals surface area contributed by atoms with Gasteiger partial charge in [0.15, 0.2) is 0 Å². The lowest BCUT2D eigenvalue weighted by Crippen LogP contribution is -2.48. The molecule has 92 valence electrons. The maximum atomic E-state index is 11.8. The molecule has 0 bridgehead atoms. The summed E-state index contributed by atoms with van der Waals surface area (Å²) in [5.41, 5.74) is 0. The summed E-state index contributed by atoms with van der Waals surface area (Å²) in [6.45, 7) is 2.29.